The number of carbonyl (C=O) groups excluding carboxylic acids is 3. The van der Waals surface area contributed by atoms with Gasteiger partial charge in [-0.05, 0) is 58.1 Å². The monoisotopic (exact) mass is 432 g/mol. The minimum atomic E-state index is -0.596. The fourth-order valence-corrected chi connectivity index (χ4v) is 3.58. The van der Waals surface area contributed by atoms with Gasteiger partial charge in [0.05, 0.1) is 18.4 Å². The molecule has 1 heterocycles. The van der Waals surface area contributed by atoms with E-state index in [1.807, 2.05) is 53.7 Å². The van der Waals surface area contributed by atoms with Crippen LogP contribution < -0.4 is 5.32 Å². The maximum Gasteiger partial charge on any atom is 0.410 e. The molecule has 1 saturated heterocycles. The first-order valence-electron chi connectivity index (χ1n) is 10.8. The number of benzene rings is 1. The van der Waals surface area contributed by atoms with Crippen LogP contribution in [0.15, 0.2) is 18.2 Å². The van der Waals surface area contributed by atoms with E-state index in [9.17, 15) is 14.4 Å². The number of methoxy groups -OCH3 is 1. The number of hydrogen-bond donors (Lipinski definition) is 1. The summed E-state index contributed by atoms with van der Waals surface area (Å²) < 4.78 is 10.5. The fraction of sp³-hybridized carbons (Fsp3) is 0.625. The summed E-state index contributed by atoms with van der Waals surface area (Å²) in [5.74, 6) is -0.670. The Labute approximate surface area is 185 Å². The molecule has 31 heavy (non-hydrogen) atoms. The van der Waals surface area contributed by atoms with Gasteiger partial charge in [0.1, 0.15) is 5.60 Å². The number of carbonyl (C=O) groups is 3. The average molecular weight is 433 g/mol. The van der Waals surface area contributed by atoms with Crippen LogP contribution in [0.5, 0.6) is 0 Å². The van der Waals surface area contributed by atoms with Gasteiger partial charge in [0.15, 0.2) is 0 Å². The molecular formula is C24H36N2O5. The van der Waals surface area contributed by atoms with Crippen molar-refractivity contribution in [2.45, 2.75) is 78.9 Å². The van der Waals surface area contributed by atoms with E-state index < -0.39 is 17.0 Å². The van der Waals surface area contributed by atoms with Gasteiger partial charge in [0.2, 0.25) is 5.91 Å². The van der Waals surface area contributed by atoms with Gasteiger partial charge in [-0.25, -0.2) is 9.59 Å². The molecule has 1 fully saturated rings. The Morgan fingerprint density at radius 3 is 2.39 bits per heavy atom. The van der Waals surface area contributed by atoms with E-state index in [0.29, 0.717) is 30.6 Å². The lowest BCUT2D eigenvalue weighted by atomic mass is 9.94. The molecule has 172 valence electrons. The van der Waals surface area contributed by atoms with Crippen molar-refractivity contribution >= 4 is 23.7 Å². The molecule has 1 N–H and O–H groups in total. The molecule has 1 aliphatic rings. The first-order valence-corrected chi connectivity index (χ1v) is 10.8. The maximum atomic E-state index is 12.6. The number of hydrogen-bond acceptors (Lipinski definition) is 5. The van der Waals surface area contributed by atoms with Gasteiger partial charge in [-0.15, -0.1) is 0 Å². The lowest BCUT2D eigenvalue weighted by Crippen LogP contribution is -2.40. The molecule has 0 aromatic heterocycles. The lowest BCUT2D eigenvalue weighted by molar-refractivity contribution is -0.123. The predicted molar refractivity (Wildman–Crippen MR) is 120 cm³/mol. The molecule has 1 aliphatic heterocycles. The molecule has 1 unspecified atom stereocenters. The number of aryl methyl sites for hydroxylation is 1. The second-order valence-corrected chi connectivity index (χ2v) is 10.0. The summed E-state index contributed by atoms with van der Waals surface area (Å²) in [5, 5.41) is 2.86. The smallest absolute Gasteiger partial charge is 0.410 e. The molecule has 0 aliphatic carbocycles. The summed E-state index contributed by atoms with van der Waals surface area (Å²) in [6, 6.07) is 5.45. The summed E-state index contributed by atoms with van der Waals surface area (Å²) >= 11 is 0. The molecule has 7 nitrogen and oxygen atoms in total. The molecular weight excluding hydrogens is 396 g/mol. The van der Waals surface area contributed by atoms with Crippen molar-refractivity contribution < 1.29 is 23.9 Å². The molecule has 0 radical (unpaired) electrons. The molecule has 0 bridgehead atoms. The van der Waals surface area contributed by atoms with Crippen LogP contribution in [0, 0.1) is 5.41 Å². The van der Waals surface area contributed by atoms with E-state index in [1.165, 1.54) is 7.11 Å². The highest BCUT2D eigenvalue weighted by atomic mass is 16.6. The van der Waals surface area contributed by atoms with Crippen LogP contribution in [-0.4, -0.2) is 48.2 Å². The number of nitrogens with one attached hydrogen (secondary N) is 1. The lowest BCUT2D eigenvalue weighted by Gasteiger charge is -2.29. The van der Waals surface area contributed by atoms with Gasteiger partial charge in [-0.1, -0.05) is 32.9 Å². The zero-order valence-corrected chi connectivity index (χ0v) is 19.8. The number of esters is 1. The number of anilines is 1. The topological polar surface area (TPSA) is 84.9 Å². The Bertz CT molecular complexity index is 820. The standard InChI is InChI=1S/C24H36N2O5/c1-23(2,3)21(28)25-18-12-8-10-16(19(18)20(27)30-7)13-14-17-11-9-15-26(17)22(29)31-24(4,5)6/h8,10,12,17H,9,11,13-15H2,1-7H3,(H,25,28). The van der Waals surface area contributed by atoms with Crippen LogP contribution in [0.2, 0.25) is 0 Å². The normalized spacial score (nSPS) is 16.7. The minimum Gasteiger partial charge on any atom is -0.465 e. The average Bonchev–Trinajstić information content (AvgIpc) is 3.12. The summed E-state index contributed by atoms with van der Waals surface area (Å²) in [4.78, 5) is 39.4. The highest BCUT2D eigenvalue weighted by Gasteiger charge is 2.32. The first kappa shape index (κ1) is 24.7. The zero-order valence-electron chi connectivity index (χ0n) is 19.8. The molecule has 0 spiro atoms. The number of amides is 2. The van der Waals surface area contributed by atoms with Crippen molar-refractivity contribution in [3.8, 4) is 0 Å². The number of likely N-dealkylation sites (tertiary alicyclic amines) is 1. The second kappa shape index (κ2) is 9.71. The van der Waals surface area contributed by atoms with E-state index in [2.05, 4.69) is 5.32 Å². The van der Waals surface area contributed by atoms with Crippen LogP contribution in [0.3, 0.4) is 0 Å². The second-order valence-electron chi connectivity index (χ2n) is 10.0. The molecule has 2 rings (SSSR count). The summed E-state index contributed by atoms with van der Waals surface area (Å²) in [6.07, 6.45) is 2.80. The van der Waals surface area contributed by atoms with E-state index >= 15 is 0 Å². The van der Waals surface area contributed by atoms with E-state index in [1.54, 1.807) is 11.0 Å². The van der Waals surface area contributed by atoms with Gasteiger partial charge in [-0.2, -0.15) is 0 Å². The molecule has 2 amide bonds. The minimum absolute atomic E-state index is 0.0492. The molecule has 1 aromatic rings. The zero-order chi connectivity index (χ0) is 23.4. The quantitative estimate of drug-likeness (QED) is 0.676. The summed E-state index contributed by atoms with van der Waals surface area (Å²) in [5.41, 5.74) is 0.460. The third-order valence-electron chi connectivity index (χ3n) is 5.22. The van der Waals surface area contributed by atoms with Crippen molar-refractivity contribution in [2.75, 3.05) is 19.0 Å². The fourth-order valence-electron chi connectivity index (χ4n) is 3.58. The van der Waals surface area contributed by atoms with Crippen molar-refractivity contribution in [3.05, 3.63) is 29.3 Å². The highest BCUT2D eigenvalue weighted by Crippen LogP contribution is 2.28. The first-order chi connectivity index (χ1) is 14.3. The van der Waals surface area contributed by atoms with Gasteiger partial charge in [0, 0.05) is 18.0 Å². The van der Waals surface area contributed by atoms with Crippen molar-refractivity contribution in [1.29, 1.82) is 0 Å². The van der Waals surface area contributed by atoms with Crippen LogP contribution in [0.25, 0.3) is 0 Å². The Morgan fingerprint density at radius 1 is 1.13 bits per heavy atom. The maximum absolute atomic E-state index is 12.6. The van der Waals surface area contributed by atoms with Crippen LogP contribution >= 0.6 is 0 Å². The van der Waals surface area contributed by atoms with Crippen molar-refractivity contribution in [1.82, 2.24) is 4.90 Å². The predicted octanol–water partition coefficient (Wildman–Crippen LogP) is 4.79. The van der Waals surface area contributed by atoms with Crippen molar-refractivity contribution in [3.63, 3.8) is 0 Å². The number of ether oxygens (including phenoxy) is 2. The van der Waals surface area contributed by atoms with Crippen LogP contribution in [-0.2, 0) is 20.7 Å². The third-order valence-corrected chi connectivity index (χ3v) is 5.22. The Kier molecular flexibility index (Phi) is 7.73. The number of rotatable bonds is 5. The number of nitrogens with zero attached hydrogens (tertiary/aromatic N) is 1. The molecule has 1 aromatic carbocycles. The highest BCUT2D eigenvalue weighted by molar-refractivity contribution is 6.03. The van der Waals surface area contributed by atoms with Crippen molar-refractivity contribution in [2.24, 2.45) is 5.41 Å². The Morgan fingerprint density at radius 2 is 1.81 bits per heavy atom. The van der Waals surface area contributed by atoms with Gasteiger partial charge >= 0.3 is 12.1 Å². The van der Waals surface area contributed by atoms with Crippen LogP contribution in [0.4, 0.5) is 10.5 Å². The summed E-state index contributed by atoms with van der Waals surface area (Å²) in [6.45, 7) is 11.7. The third kappa shape index (κ3) is 6.71. The Hall–Kier alpha value is -2.57. The summed E-state index contributed by atoms with van der Waals surface area (Å²) in [7, 11) is 1.33. The van der Waals surface area contributed by atoms with Gasteiger partial charge < -0.3 is 19.7 Å². The molecule has 0 saturated carbocycles. The largest absolute Gasteiger partial charge is 0.465 e. The SMILES string of the molecule is COC(=O)c1c(CCC2CCCN2C(=O)OC(C)(C)C)cccc1NC(=O)C(C)(C)C. The van der Waals surface area contributed by atoms with E-state index in [0.717, 1.165) is 18.4 Å². The van der Waals surface area contributed by atoms with Crippen LogP contribution in [0.1, 0.15) is 76.7 Å². The van der Waals surface area contributed by atoms with Gasteiger partial charge in [-0.3, -0.25) is 4.79 Å². The molecule has 7 heteroatoms. The van der Waals surface area contributed by atoms with E-state index in [-0.39, 0.29) is 18.0 Å². The van der Waals surface area contributed by atoms with Gasteiger partial charge in [0.25, 0.3) is 0 Å². The Balaban J connectivity index is 2.20. The van der Waals surface area contributed by atoms with E-state index in [4.69, 9.17) is 9.47 Å². The molecule has 1 atom stereocenters.